The lowest BCUT2D eigenvalue weighted by atomic mass is 10.1. The molecule has 2 aliphatic rings. The first-order valence-corrected chi connectivity index (χ1v) is 14.8. The van der Waals surface area contributed by atoms with Gasteiger partial charge in [0.15, 0.2) is 0 Å². The molecule has 0 saturated carbocycles. The molecule has 0 spiro atoms. The number of carbonyl (C=O) groups is 3. The molecule has 2 atom stereocenters. The van der Waals surface area contributed by atoms with Gasteiger partial charge in [-0.3, -0.25) is 9.59 Å². The lowest BCUT2D eigenvalue weighted by molar-refractivity contribution is -0.141. The van der Waals surface area contributed by atoms with Gasteiger partial charge in [-0.2, -0.15) is 0 Å². The van der Waals surface area contributed by atoms with Gasteiger partial charge in [-0.15, -0.1) is 0 Å². The molecular formula is C30H48N4O3. The van der Waals surface area contributed by atoms with Crippen LogP contribution in [0.2, 0.25) is 0 Å². The van der Waals surface area contributed by atoms with Gasteiger partial charge in [-0.05, 0) is 37.7 Å². The number of rotatable bonds is 15. The van der Waals surface area contributed by atoms with E-state index in [0.717, 1.165) is 31.2 Å². The van der Waals surface area contributed by atoms with Crippen LogP contribution in [0.3, 0.4) is 0 Å². The Bertz CT molecular complexity index is 831. The number of hydrogen-bond acceptors (Lipinski definition) is 3. The van der Waals surface area contributed by atoms with E-state index in [2.05, 4.69) is 17.6 Å². The van der Waals surface area contributed by atoms with Crippen molar-refractivity contribution in [2.75, 3.05) is 19.6 Å². The third kappa shape index (κ3) is 9.35. The van der Waals surface area contributed by atoms with Gasteiger partial charge >= 0.3 is 6.03 Å². The number of likely N-dealkylation sites (tertiary alicyclic amines) is 2. The van der Waals surface area contributed by atoms with Crippen molar-refractivity contribution in [1.82, 2.24) is 20.4 Å². The van der Waals surface area contributed by atoms with Crippen LogP contribution in [-0.2, 0) is 16.1 Å². The third-order valence-corrected chi connectivity index (χ3v) is 7.75. The highest BCUT2D eigenvalue weighted by molar-refractivity contribution is 5.92. The molecule has 206 valence electrons. The van der Waals surface area contributed by atoms with Gasteiger partial charge in [-0.25, -0.2) is 4.79 Å². The van der Waals surface area contributed by atoms with Crippen molar-refractivity contribution < 1.29 is 14.4 Å². The number of urea groups is 1. The van der Waals surface area contributed by atoms with E-state index in [-0.39, 0.29) is 17.8 Å². The molecule has 7 nitrogen and oxygen atoms in total. The number of unbranched alkanes of at least 4 members (excludes halogenated alkanes) is 9. The highest BCUT2D eigenvalue weighted by atomic mass is 16.2. The minimum atomic E-state index is -0.480. The van der Waals surface area contributed by atoms with Crippen molar-refractivity contribution >= 4 is 17.8 Å². The van der Waals surface area contributed by atoms with Gasteiger partial charge in [0.1, 0.15) is 12.1 Å². The molecule has 1 aromatic rings. The molecule has 0 aromatic heterocycles. The molecule has 4 amide bonds. The third-order valence-electron chi connectivity index (χ3n) is 7.75. The summed E-state index contributed by atoms with van der Waals surface area (Å²) in [5, 5.41) is 6.02. The number of hydrogen-bond donors (Lipinski definition) is 2. The Labute approximate surface area is 223 Å². The van der Waals surface area contributed by atoms with Crippen molar-refractivity contribution in [3.63, 3.8) is 0 Å². The predicted molar refractivity (Wildman–Crippen MR) is 148 cm³/mol. The highest BCUT2D eigenvalue weighted by Gasteiger charge is 2.42. The Hall–Kier alpha value is -2.57. The number of carbonyl (C=O) groups excluding carboxylic acids is 3. The molecule has 2 aliphatic heterocycles. The zero-order valence-corrected chi connectivity index (χ0v) is 22.9. The minimum absolute atomic E-state index is 0.0418. The monoisotopic (exact) mass is 512 g/mol. The number of nitrogens with zero attached hydrogens (tertiary/aromatic N) is 2. The second-order valence-corrected chi connectivity index (χ2v) is 10.7. The number of nitrogens with one attached hydrogen (secondary N) is 2. The summed E-state index contributed by atoms with van der Waals surface area (Å²) in [6.07, 6.45) is 15.6. The summed E-state index contributed by atoms with van der Waals surface area (Å²) in [7, 11) is 0. The molecule has 0 radical (unpaired) electrons. The van der Waals surface area contributed by atoms with Crippen LogP contribution in [-0.4, -0.2) is 59.4 Å². The van der Waals surface area contributed by atoms with Gasteiger partial charge in [0, 0.05) is 26.2 Å². The fourth-order valence-electron chi connectivity index (χ4n) is 5.58. The zero-order chi connectivity index (χ0) is 26.3. The van der Waals surface area contributed by atoms with E-state index in [1.807, 2.05) is 30.3 Å². The molecule has 0 aliphatic carbocycles. The number of amides is 4. The van der Waals surface area contributed by atoms with E-state index in [1.54, 1.807) is 9.80 Å². The molecule has 2 unspecified atom stereocenters. The first kappa shape index (κ1) is 29.0. The Morgan fingerprint density at radius 1 is 0.757 bits per heavy atom. The summed E-state index contributed by atoms with van der Waals surface area (Å²) in [6, 6.07) is 8.67. The lowest BCUT2D eigenvalue weighted by Gasteiger charge is -2.31. The second-order valence-electron chi connectivity index (χ2n) is 10.7. The standard InChI is InChI=1S/C30H48N4O3/c1-2-3-4-5-6-7-8-9-10-14-21-31-28(35)26-19-15-22-33(26)29(36)27-20-16-23-34(27)30(37)32-24-25-17-12-11-13-18-25/h11-13,17-18,26-27H,2-10,14-16,19-24H2,1H3,(H,31,35)(H,32,37). The Morgan fingerprint density at radius 2 is 1.35 bits per heavy atom. The maximum Gasteiger partial charge on any atom is 0.318 e. The van der Waals surface area contributed by atoms with Gasteiger partial charge in [-0.1, -0.05) is 95.0 Å². The van der Waals surface area contributed by atoms with Crippen LogP contribution in [0.1, 0.15) is 102 Å². The van der Waals surface area contributed by atoms with Crippen LogP contribution in [0.4, 0.5) is 4.79 Å². The van der Waals surface area contributed by atoms with Crippen LogP contribution in [0, 0.1) is 0 Å². The Balaban J connectivity index is 1.36. The van der Waals surface area contributed by atoms with Gasteiger partial charge in [0.2, 0.25) is 11.8 Å². The molecule has 2 fully saturated rings. The average molecular weight is 513 g/mol. The van der Waals surface area contributed by atoms with Crippen LogP contribution in [0.15, 0.2) is 30.3 Å². The van der Waals surface area contributed by atoms with Crippen molar-refractivity contribution in [2.45, 2.75) is 115 Å². The Kier molecular flexibility index (Phi) is 12.8. The summed E-state index contributed by atoms with van der Waals surface area (Å²) in [5.41, 5.74) is 1.02. The average Bonchev–Trinajstić information content (AvgIpc) is 3.61. The van der Waals surface area contributed by atoms with Gasteiger partial charge in [0.25, 0.3) is 0 Å². The van der Waals surface area contributed by atoms with E-state index in [1.165, 1.54) is 51.4 Å². The summed E-state index contributed by atoms with van der Waals surface area (Å²) in [5.74, 6) is -0.121. The fraction of sp³-hybridized carbons (Fsp3) is 0.700. The van der Waals surface area contributed by atoms with Gasteiger partial charge < -0.3 is 20.4 Å². The van der Waals surface area contributed by atoms with Crippen molar-refractivity contribution in [1.29, 1.82) is 0 Å². The van der Waals surface area contributed by atoms with Crippen molar-refractivity contribution in [3.05, 3.63) is 35.9 Å². The molecule has 0 bridgehead atoms. The summed E-state index contributed by atoms with van der Waals surface area (Å²) in [6.45, 7) is 4.51. The van der Waals surface area contributed by atoms with E-state index in [4.69, 9.17) is 0 Å². The smallest absolute Gasteiger partial charge is 0.318 e. The van der Waals surface area contributed by atoms with Crippen LogP contribution >= 0.6 is 0 Å². The topological polar surface area (TPSA) is 81.8 Å². The highest BCUT2D eigenvalue weighted by Crippen LogP contribution is 2.25. The predicted octanol–water partition coefficient (Wildman–Crippen LogP) is 5.39. The van der Waals surface area contributed by atoms with Gasteiger partial charge in [0.05, 0.1) is 0 Å². The maximum absolute atomic E-state index is 13.4. The number of benzene rings is 1. The molecule has 1 aromatic carbocycles. The Morgan fingerprint density at radius 3 is 2.03 bits per heavy atom. The first-order chi connectivity index (χ1) is 18.1. The summed E-state index contributed by atoms with van der Waals surface area (Å²) >= 11 is 0. The largest absolute Gasteiger partial charge is 0.354 e. The minimum Gasteiger partial charge on any atom is -0.354 e. The van der Waals surface area contributed by atoms with Crippen molar-refractivity contribution in [3.8, 4) is 0 Å². The molecular weight excluding hydrogens is 464 g/mol. The zero-order valence-electron chi connectivity index (χ0n) is 22.9. The first-order valence-electron chi connectivity index (χ1n) is 14.8. The van der Waals surface area contributed by atoms with Crippen molar-refractivity contribution in [2.24, 2.45) is 0 Å². The lowest BCUT2D eigenvalue weighted by Crippen LogP contribution is -2.54. The fourth-order valence-corrected chi connectivity index (χ4v) is 5.58. The summed E-state index contributed by atoms with van der Waals surface area (Å²) in [4.78, 5) is 42.6. The molecule has 2 heterocycles. The SMILES string of the molecule is CCCCCCCCCCCCNC(=O)C1CCCN1C(=O)C1CCCN1C(=O)NCc1ccccc1. The second kappa shape index (κ2) is 16.3. The molecule has 37 heavy (non-hydrogen) atoms. The van der Waals surface area contributed by atoms with E-state index in [9.17, 15) is 14.4 Å². The molecule has 2 N–H and O–H groups in total. The van der Waals surface area contributed by atoms with Crippen LogP contribution in [0.5, 0.6) is 0 Å². The van der Waals surface area contributed by atoms with Crippen LogP contribution in [0.25, 0.3) is 0 Å². The van der Waals surface area contributed by atoms with E-state index < -0.39 is 12.1 Å². The maximum atomic E-state index is 13.4. The molecule has 7 heteroatoms. The van der Waals surface area contributed by atoms with Crippen LogP contribution < -0.4 is 10.6 Å². The molecule has 2 saturated heterocycles. The molecule has 3 rings (SSSR count). The van der Waals surface area contributed by atoms with E-state index in [0.29, 0.717) is 39.0 Å². The normalized spacial score (nSPS) is 19.3. The quantitative estimate of drug-likeness (QED) is 0.309. The summed E-state index contributed by atoms with van der Waals surface area (Å²) < 4.78 is 0. The van der Waals surface area contributed by atoms with E-state index >= 15 is 0 Å².